The number of hydrogen-bond donors (Lipinski definition) is 1. The summed E-state index contributed by atoms with van der Waals surface area (Å²) in [5.74, 6) is -0.378. The van der Waals surface area contributed by atoms with Crippen LogP contribution < -0.4 is 5.32 Å². The van der Waals surface area contributed by atoms with E-state index < -0.39 is 5.97 Å². The Hall–Kier alpha value is -2.71. The molecule has 2 aromatic heterocycles. The van der Waals surface area contributed by atoms with Gasteiger partial charge in [-0.05, 0) is 6.92 Å². The summed E-state index contributed by atoms with van der Waals surface area (Å²) in [5.41, 5.74) is 0.389. The maximum atomic E-state index is 12.0. The van der Waals surface area contributed by atoms with Crippen LogP contribution in [0.2, 0.25) is 0 Å². The molecule has 1 N–H and O–H groups in total. The van der Waals surface area contributed by atoms with Crippen LogP contribution in [0.15, 0.2) is 12.4 Å². The molecule has 0 saturated heterocycles. The summed E-state index contributed by atoms with van der Waals surface area (Å²) in [6.07, 6.45) is 3.31. The van der Waals surface area contributed by atoms with Crippen LogP contribution in [0.1, 0.15) is 17.4 Å². The number of ether oxygens (including phenoxy) is 1. The fourth-order valence-electron chi connectivity index (χ4n) is 1.79. The second kappa shape index (κ2) is 6.16. The molecular weight excluding hydrogens is 276 g/mol. The van der Waals surface area contributed by atoms with Gasteiger partial charge in [0.15, 0.2) is 5.82 Å². The molecular formula is C12H16N6O3. The minimum Gasteiger partial charge on any atom is -0.461 e. The summed E-state index contributed by atoms with van der Waals surface area (Å²) in [6, 6.07) is 0. The van der Waals surface area contributed by atoms with E-state index in [0.717, 1.165) is 0 Å². The van der Waals surface area contributed by atoms with Crippen molar-refractivity contribution in [3.63, 3.8) is 0 Å². The molecule has 0 unspecified atom stereocenters. The van der Waals surface area contributed by atoms with Crippen LogP contribution >= 0.6 is 0 Å². The van der Waals surface area contributed by atoms with Crippen molar-refractivity contribution >= 4 is 11.9 Å². The van der Waals surface area contributed by atoms with Crippen molar-refractivity contribution < 1.29 is 14.3 Å². The number of hydrogen-bond acceptors (Lipinski definition) is 6. The van der Waals surface area contributed by atoms with E-state index in [1.54, 1.807) is 30.9 Å². The standard InChI is InChI=1S/C12H16N6O3/c1-4-21-12(20)9-10(11-14-5-6-17(11)3)18(16-15-9)7-8(19)13-2/h5-6H,4,7H2,1-3H3,(H,13,19). The number of aromatic nitrogens is 5. The molecule has 2 rings (SSSR count). The molecule has 0 aromatic carbocycles. The third-order valence-corrected chi connectivity index (χ3v) is 2.81. The first-order valence-corrected chi connectivity index (χ1v) is 6.37. The van der Waals surface area contributed by atoms with Crippen molar-refractivity contribution in [2.24, 2.45) is 7.05 Å². The van der Waals surface area contributed by atoms with Crippen LogP contribution in [0.3, 0.4) is 0 Å². The van der Waals surface area contributed by atoms with Crippen molar-refractivity contribution in [3.05, 3.63) is 18.1 Å². The minimum atomic E-state index is -0.598. The highest BCUT2D eigenvalue weighted by molar-refractivity contribution is 5.93. The monoisotopic (exact) mass is 292 g/mol. The van der Waals surface area contributed by atoms with Crippen LogP contribution in [0.25, 0.3) is 11.5 Å². The highest BCUT2D eigenvalue weighted by atomic mass is 16.5. The molecule has 2 aromatic rings. The smallest absolute Gasteiger partial charge is 0.361 e. The summed E-state index contributed by atoms with van der Waals surface area (Å²) < 4.78 is 8.00. The average Bonchev–Trinajstić information content (AvgIpc) is 3.05. The maximum Gasteiger partial charge on any atom is 0.361 e. The first-order valence-electron chi connectivity index (χ1n) is 6.37. The number of esters is 1. The molecule has 0 radical (unpaired) electrons. The number of carbonyl (C=O) groups is 2. The number of amides is 1. The molecule has 9 heteroatoms. The number of likely N-dealkylation sites (N-methyl/N-ethyl adjacent to an activating group) is 1. The third-order valence-electron chi connectivity index (χ3n) is 2.81. The van der Waals surface area contributed by atoms with E-state index in [1.165, 1.54) is 11.7 Å². The van der Waals surface area contributed by atoms with E-state index in [1.807, 2.05) is 0 Å². The zero-order chi connectivity index (χ0) is 15.4. The van der Waals surface area contributed by atoms with E-state index in [-0.39, 0.29) is 24.8 Å². The Morgan fingerprint density at radius 3 is 2.76 bits per heavy atom. The molecule has 0 fully saturated rings. The summed E-state index contributed by atoms with van der Waals surface area (Å²) in [7, 11) is 3.29. The Bertz CT molecular complexity index is 660. The number of rotatable bonds is 5. The lowest BCUT2D eigenvalue weighted by molar-refractivity contribution is -0.121. The Morgan fingerprint density at radius 2 is 2.19 bits per heavy atom. The first kappa shape index (κ1) is 14.7. The van der Waals surface area contributed by atoms with Crippen molar-refractivity contribution in [2.45, 2.75) is 13.5 Å². The van der Waals surface area contributed by atoms with Gasteiger partial charge in [0.1, 0.15) is 12.2 Å². The van der Waals surface area contributed by atoms with Crippen molar-refractivity contribution in [1.29, 1.82) is 0 Å². The molecule has 21 heavy (non-hydrogen) atoms. The molecule has 0 aliphatic heterocycles. The molecule has 0 aliphatic rings. The van der Waals surface area contributed by atoms with E-state index in [2.05, 4.69) is 20.6 Å². The Kier molecular flexibility index (Phi) is 4.31. The average molecular weight is 292 g/mol. The summed E-state index contributed by atoms with van der Waals surface area (Å²) in [5, 5.41) is 10.2. The summed E-state index contributed by atoms with van der Waals surface area (Å²) in [6.45, 7) is 1.86. The van der Waals surface area contributed by atoms with Gasteiger partial charge in [-0.3, -0.25) is 4.79 Å². The lowest BCUT2D eigenvalue weighted by atomic mass is 10.3. The summed E-state index contributed by atoms with van der Waals surface area (Å²) in [4.78, 5) is 27.7. The van der Waals surface area contributed by atoms with Gasteiger partial charge in [0, 0.05) is 26.5 Å². The highest BCUT2D eigenvalue weighted by Crippen LogP contribution is 2.20. The Balaban J connectivity index is 2.50. The molecule has 9 nitrogen and oxygen atoms in total. The molecule has 0 bridgehead atoms. The topological polar surface area (TPSA) is 104 Å². The number of imidazole rings is 1. The van der Waals surface area contributed by atoms with Crippen LogP contribution in [0.4, 0.5) is 0 Å². The first-order chi connectivity index (χ1) is 10.1. The number of nitrogens with zero attached hydrogens (tertiary/aromatic N) is 5. The number of carbonyl (C=O) groups excluding carboxylic acids is 2. The van der Waals surface area contributed by atoms with Crippen LogP contribution in [0, 0.1) is 0 Å². The third kappa shape index (κ3) is 2.91. The number of nitrogens with one attached hydrogen (secondary N) is 1. The zero-order valence-electron chi connectivity index (χ0n) is 12.0. The lowest BCUT2D eigenvalue weighted by Crippen LogP contribution is -2.25. The van der Waals surface area contributed by atoms with E-state index >= 15 is 0 Å². The predicted molar refractivity (Wildman–Crippen MR) is 72.2 cm³/mol. The SMILES string of the molecule is CCOC(=O)c1nnn(CC(=O)NC)c1-c1nccn1C. The Morgan fingerprint density at radius 1 is 1.43 bits per heavy atom. The molecule has 0 atom stereocenters. The normalized spacial score (nSPS) is 10.4. The number of aryl methyl sites for hydroxylation is 1. The fourth-order valence-corrected chi connectivity index (χ4v) is 1.79. The Labute approximate surface area is 120 Å². The predicted octanol–water partition coefficient (Wildman–Crippen LogP) is -0.399. The largest absolute Gasteiger partial charge is 0.461 e. The molecule has 0 saturated carbocycles. The van der Waals surface area contributed by atoms with Gasteiger partial charge in [0.25, 0.3) is 0 Å². The van der Waals surface area contributed by atoms with Gasteiger partial charge in [-0.15, -0.1) is 5.10 Å². The van der Waals surface area contributed by atoms with Gasteiger partial charge in [0.2, 0.25) is 11.6 Å². The lowest BCUT2D eigenvalue weighted by Gasteiger charge is -2.07. The van der Waals surface area contributed by atoms with Gasteiger partial charge < -0.3 is 14.6 Å². The second-order valence-electron chi connectivity index (χ2n) is 4.20. The van der Waals surface area contributed by atoms with Crippen LogP contribution in [-0.2, 0) is 23.1 Å². The highest BCUT2D eigenvalue weighted by Gasteiger charge is 2.25. The van der Waals surface area contributed by atoms with E-state index in [9.17, 15) is 9.59 Å². The van der Waals surface area contributed by atoms with Crippen LogP contribution in [0.5, 0.6) is 0 Å². The molecule has 2 heterocycles. The van der Waals surface area contributed by atoms with Crippen molar-refractivity contribution in [2.75, 3.05) is 13.7 Å². The molecule has 0 spiro atoms. The molecule has 112 valence electrons. The van der Waals surface area contributed by atoms with Gasteiger partial charge >= 0.3 is 5.97 Å². The van der Waals surface area contributed by atoms with Gasteiger partial charge in [-0.2, -0.15) is 0 Å². The minimum absolute atomic E-state index is 0.0371. The van der Waals surface area contributed by atoms with Crippen LogP contribution in [-0.4, -0.2) is 50.1 Å². The van der Waals surface area contributed by atoms with Gasteiger partial charge in [-0.1, -0.05) is 5.21 Å². The zero-order valence-corrected chi connectivity index (χ0v) is 12.0. The molecule has 0 aliphatic carbocycles. The van der Waals surface area contributed by atoms with Crippen molar-refractivity contribution in [3.8, 4) is 11.5 Å². The maximum absolute atomic E-state index is 12.0. The van der Waals surface area contributed by atoms with Gasteiger partial charge in [-0.25, -0.2) is 14.5 Å². The fraction of sp³-hybridized carbons (Fsp3) is 0.417. The van der Waals surface area contributed by atoms with Crippen molar-refractivity contribution in [1.82, 2.24) is 29.9 Å². The quantitative estimate of drug-likeness (QED) is 0.752. The van der Waals surface area contributed by atoms with E-state index in [0.29, 0.717) is 11.5 Å². The van der Waals surface area contributed by atoms with E-state index in [4.69, 9.17) is 4.74 Å². The second-order valence-corrected chi connectivity index (χ2v) is 4.20. The summed E-state index contributed by atoms with van der Waals surface area (Å²) >= 11 is 0. The molecule has 1 amide bonds. The van der Waals surface area contributed by atoms with Gasteiger partial charge in [0.05, 0.1) is 6.61 Å².